The molecule has 0 saturated heterocycles. The third-order valence-electron chi connectivity index (χ3n) is 6.25. The molecule has 34 heavy (non-hydrogen) atoms. The number of hydrogen-bond acceptors (Lipinski definition) is 4. The van der Waals surface area contributed by atoms with Crippen molar-refractivity contribution < 1.29 is 19.5 Å². The maximum Gasteiger partial charge on any atom is 0.262 e. The van der Waals surface area contributed by atoms with Gasteiger partial charge in [-0.15, -0.1) is 0 Å². The fraction of sp³-hybridized carbons (Fsp3) is 0.107. The molecule has 3 amide bonds. The summed E-state index contributed by atoms with van der Waals surface area (Å²) in [6.07, 6.45) is 0. The van der Waals surface area contributed by atoms with Crippen molar-refractivity contribution in [2.75, 3.05) is 0 Å². The number of nitrogens with one attached hydrogen (secondary N) is 1. The van der Waals surface area contributed by atoms with E-state index in [1.807, 2.05) is 60.7 Å². The molecular formula is C28H22N2O4. The average Bonchev–Trinajstić information content (AvgIpc) is 3.12. The minimum absolute atomic E-state index is 0.0428. The number of phenols is 1. The van der Waals surface area contributed by atoms with Gasteiger partial charge in [0.1, 0.15) is 11.8 Å². The van der Waals surface area contributed by atoms with E-state index in [-0.39, 0.29) is 5.75 Å². The van der Waals surface area contributed by atoms with Crippen molar-refractivity contribution >= 4 is 28.5 Å². The molecule has 0 saturated carbocycles. The molecule has 4 aromatic carbocycles. The zero-order valence-corrected chi connectivity index (χ0v) is 18.4. The SMILES string of the molecule is CC(C(=O)NC(c1ccccc1)c1c(O)ccc2ccccc12)N1C(=O)c2ccccc2C1=O. The summed E-state index contributed by atoms with van der Waals surface area (Å²) in [4.78, 5) is 40.2. The summed E-state index contributed by atoms with van der Waals surface area (Å²) in [6, 6.07) is 25.1. The Hall–Kier alpha value is -4.45. The van der Waals surface area contributed by atoms with Gasteiger partial charge < -0.3 is 10.4 Å². The van der Waals surface area contributed by atoms with E-state index < -0.39 is 29.8 Å². The van der Waals surface area contributed by atoms with Gasteiger partial charge in [0.05, 0.1) is 17.2 Å². The summed E-state index contributed by atoms with van der Waals surface area (Å²) < 4.78 is 0. The number of fused-ring (bicyclic) bond motifs is 2. The van der Waals surface area contributed by atoms with Crippen LogP contribution in [-0.2, 0) is 4.79 Å². The lowest BCUT2D eigenvalue weighted by Gasteiger charge is -2.27. The van der Waals surface area contributed by atoms with Crippen molar-refractivity contribution in [1.82, 2.24) is 10.2 Å². The van der Waals surface area contributed by atoms with E-state index in [1.165, 1.54) is 6.92 Å². The molecule has 0 aliphatic carbocycles. The molecule has 2 N–H and O–H groups in total. The van der Waals surface area contributed by atoms with Crippen molar-refractivity contribution in [2.24, 2.45) is 0 Å². The number of carbonyl (C=O) groups is 3. The first-order valence-corrected chi connectivity index (χ1v) is 11.0. The monoisotopic (exact) mass is 450 g/mol. The second-order valence-corrected chi connectivity index (χ2v) is 8.27. The smallest absolute Gasteiger partial charge is 0.262 e. The maximum atomic E-state index is 13.4. The molecule has 6 heteroatoms. The number of rotatable bonds is 5. The van der Waals surface area contributed by atoms with Crippen molar-refractivity contribution in [3.8, 4) is 5.75 Å². The summed E-state index contributed by atoms with van der Waals surface area (Å²) in [5.74, 6) is -1.45. The van der Waals surface area contributed by atoms with Gasteiger partial charge in [-0.2, -0.15) is 0 Å². The molecule has 2 unspecified atom stereocenters. The highest BCUT2D eigenvalue weighted by molar-refractivity contribution is 6.22. The number of carbonyl (C=O) groups excluding carboxylic acids is 3. The minimum atomic E-state index is -1.05. The Balaban J connectivity index is 1.53. The molecule has 2 atom stereocenters. The molecule has 1 aliphatic heterocycles. The Kier molecular flexibility index (Phi) is 5.34. The molecule has 4 aromatic rings. The van der Waals surface area contributed by atoms with Crippen LogP contribution < -0.4 is 5.32 Å². The van der Waals surface area contributed by atoms with Gasteiger partial charge in [0, 0.05) is 5.56 Å². The van der Waals surface area contributed by atoms with Crippen LogP contribution in [0.1, 0.15) is 44.8 Å². The number of aromatic hydroxyl groups is 1. The number of phenolic OH excluding ortho intramolecular Hbond substituents is 1. The first-order valence-electron chi connectivity index (χ1n) is 11.0. The van der Waals surface area contributed by atoms with E-state index in [9.17, 15) is 19.5 Å². The quantitative estimate of drug-likeness (QED) is 0.440. The van der Waals surface area contributed by atoms with Gasteiger partial charge in [-0.1, -0.05) is 72.8 Å². The number of amides is 3. The average molecular weight is 450 g/mol. The number of hydrogen-bond donors (Lipinski definition) is 2. The van der Waals surface area contributed by atoms with Crippen LogP contribution in [0.25, 0.3) is 10.8 Å². The summed E-state index contributed by atoms with van der Waals surface area (Å²) in [5.41, 5.74) is 1.89. The minimum Gasteiger partial charge on any atom is -0.508 e. The van der Waals surface area contributed by atoms with Gasteiger partial charge in [0.2, 0.25) is 5.91 Å². The van der Waals surface area contributed by atoms with Crippen LogP contribution in [0.15, 0.2) is 91.0 Å². The van der Waals surface area contributed by atoms with Crippen molar-refractivity contribution in [3.63, 3.8) is 0 Å². The van der Waals surface area contributed by atoms with Gasteiger partial charge in [-0.3, -0.25) is 19.3 Å². The Labute approximate surface area is 196 Å². The number of benzene rings is 4. The topological polar surface area (TPSA) is 86.7 Å². The van der Waals surface area contributed by atoms with Crippen LogP contribution in [0.2, 0.25) is 0 Å². The normalized spacial score (nSPS) is 14.7. The van der Waals surface area contributed by atoms with Crippen LogP contribution in [0, 0.1) is 0 Å². The lowest BCUT2D eigenvalue weighted by molar-refractivity contribution is -0.125. The molecule has 0 bridgehead atoms. The summed E-state index contributed by atoms with van der Waals surface area (Å²) in [7, 11) is 0. The lowest BCUT2D eigenvalue weighted by Crippen LogP contribution is -2.48. The second kappa shape index (κ2) is 8.48. The van der Waals surface area contributed by atoms with Crippen LogP contribution >= 0.6 is 0 Å². The fourth-order valence-electron chi connectivity index (χ4n) is 4.49. The van der Waals surface area contributed by atoms with E-state index in [4.69, 9.17) is 0 Å². The molecule has 0 spiro atoms. The van der Waals surface area contributed by atoms with Gasteiger partial charge in [-0.25, -0.2) is 0 Å². The van der Waals surface area contributed by atoms with Crippen molar-refractivity contribution in [2.45, 2.75) is 19.0 Å². The zero-order chi connectivity index (χ0) is 23.8. The zero-order valence-electron chi connectivity index (χ0n) is 18.4. The van der Waals surface area contributed by atoms with Crippen LogP contribution in [-0.4, -0.2) is 33.8 Å². The molecule has 1 heterocycles. The summed E-state index contributed by atoms with van der Waals surface area (Å²) in [5, 5.41) is 15.5. The Bertz CT molecular complexity index is 1400. The first kappa shape index (κ1) is 21.4. The van der Waals surface area contributed by atoms with Crippen LogP contribution in [0.4, 0.5) is 0 Å². The highest BCUT2D eigenvalue weighted by Crippen LogP contribution is 2.36. The largest absolute Gasteiger partial charge is 0.508 e. The van der Waals surface area contributed by atoms with Crippen molar-refractivity contribution in [1.29, 1.82) is 0 Å². The standard InChI is InChI=1S/C28H22N2O4/c1-17(30-27(33)21-13-7-8-14-22(21)28(30)34)26(32)29-25(19-10-3-2-4-11-19)24-20-12-6-5-9-18(20)15-16-23(24)31/h2-17,25,31H,1H3,(H,29,32). The third-order valence-corrected chi connectivity index (χ3v) is 6.25. The van der Waals surface area contributed by atoms with E-state index in [0.29, 0.717) is 16.7 Å². The van der Waals surface area contributed by atoms with E-state index in [2.05, 4.69) is 5.32 Å². The van der Waals surface area contributed by atoms with Crippen molar-refractivity contribution in [3.05, 3.63) is 113 Å². The molecule has 0 aromatic heterocycles. The third kappa shape index (κ3) is 3.49. The highest BCUT2D eigenvalue weighted by atomic mass is 16.3. The molecule has 0 fully saturated rings. The summed E-state index contributed by atoms with van der Waals surface area (Å²) >= 11 is 0. The number of nitrogens with zero attached hydrogens (tertiary/aromatic N) is 1. The predicted molar refractivity (Wildman–Crippen MR) is 128 cm³/mol. The Morgan fingerprint density at radius 3 is 2.06 bits per heavy atom. The molecular weight excluding hydrogens is 428 g/mol. The van der Waals surface area contributed by atoms with E-state index in [1.54, 1.807) is 30.3 Å². The Morgan fingerprint density at radius 1 is 0.794 bits per heavy atom. The van der Waals surface area contributed by atoms with Crippen LogP contribution in [0.5, 0.6) is 5.75 Å². The fourth-order valence-corrected chi connectivity index (χ4v) is 4.49. The van der Waals surface area contributed by atoms with Crippen LogP contribution in [0.3, 0.4) is 0 Å². The van der Waals surface area contributed by atoms with E-state index >= 15 is 0 Å². The molecule has 168 valence electrons. The van der Waals surface area contributed by atoms with Gasteiger partial charge >= 0.3 is 0 Å². The number of imide groups is 1. The first-order chi connectivity index (χ1) is 16.5. The predicted octanol–water partition coefficient (Wildman–Crippen LogP) is 4.44. The maximum absolute atomic E-state index is 13.4. The highest BCUT2D eigenvalue weighted by Gasteiger charge is 2.41. The van der Waals surface area contributed by atoms with Gasteiger partial charge in [0.25, 0.3) is 11.8 Å². The van der Waals surface area contributed by atoms with Gasteiger partial charge in [-0.05, 0) is 41.5 Å². The molecule has 0 radical (unpaired) electrons. The Morgan fingerprint density at radius 2 is 1.38 bits per heavy atom. The molecule has 5 rings (SSSR count). The second-order valence-electron chi connectivity index (χ2n) is 8.27. The summed E-state index contributed by atoms with van der Waals surface area (Å²) in [6.45, 7) is 1.53. The molecule has 6 nitrogen and oxygen atoms in total. The van der Waals surface area contributed by atoms with Gasteiger partial charge in [0.15, 0.2) is 0 Å². The van der Waals surface area contributed by atoms with E-state index in [0.717, 1.165) is 21.2 Å². The lowest BCUT2D eigenvalue weighted by atomic mass is 9.92. The molecule has 1 aliphatic rings.